The van der Waals surface area contributed by atoms with Gasteiger partial charge in [0.15, 0.2) is 5.76 Å². The maximum Gasteiger partial charge on any atom is 0.216 e. The standard InChI is InChI=1S/C16H16FN3O3S/c1-20-15(16-6-3-7-23-16)9-14(19-20)10-18-24(21,22)11-12-4-2-5-13(17)8-12/h2-9,18H,10-11H2,1H3. The van der Waals surface area contributed by atoms with Gasteiger partial charge >= 0.3 is 0 Å². The lowest BCUT2D eigenvalue weighted by molar-refractivity contribution is 0.571. The van der Waals surface area contributed by atoms with Crippen molar-refractivity contribution in [3.63, 3.8) is 0 Å². The average molecular weight is 349 g/mol. The zero-order chi connectivity index (χ0) is 17.2. The number of sulfonamides is 1. The van der Waals surface area contributed by atoms with E-state index in [1.54, 1.807) is 42.3 Å². The molecule has 8 heteroatoms. The number of rotatable bonds is 6. The summed E-state index contributed by atoms with van der Waals surface area (Å²) in [7, 11) is -1.84. The van der Waals surface area contributed by atoms with Crippen molar-refractivity contribution in [1.29, 1.82) is 0 Å². The van der Waals surface area contributed by atoms with Crippen molar-refractivity contribution in [2.75, 3.05) is 0 Å². The van der Waals surface area contributed by atoms with Crippen molar-refractivity contribution in [2.45, 2.75) is 12.3 Å². The molecule has 0 aliphatic rings. The molecule has 0 bridgehead atoms. The Balaban J connectivity index is 1.68. The van der Waals surface area contributed by atoms with Crippen LogP contribution in [0.5, 0.6) is 0 Å². The quantitative estimate of drug-likeness (QED) is 0.741. The molecule has 0 atom stereocenters. The van der Waals surface area contributed by atoms with Crippen molar-refractivity contribution in [3.8, 4) is 11.5 Å². The van der Waals surface area contributed by atoms with Gasteiger partial charge in [-0.1, -0.05) is 12.1 Å². The molecular formula is C16H16FN3O3S. The van der Waals surface area contributed by atoms with E-state index >= 15 is 0 Å². The van der Waals surface area contributed by atoms with E-state index in [4.69, 9.17) is 4.42 Å². The van der Waals surface area contributed by atoms with Gasteiger partial charge in [0.25, 0.3) is 0 Å². The smallest absolute Gasteiger partial charge is 0.216 e. The van der Waals surface area contributed by atoms with Gasteiger partial charge in [0.05, 0.1) is 24.3 Å². The van der Waals surface area contributed by atoms with Gasteiger partial charge in [-0.3, -0.25) is 4.68 Å². The van der Waals surface area contributed by atoms with Crippen LogP contribution in [-0.4, -0.2) is 18.2 Å². The molecule has 0 aliphatic carbocycles. The Kier molecular flexibility index (Phi) is 4.50. The van der Waals surface area contributed by atoms with E-state index in [9.17, 15) is 12.8 Å². The second kappa shape index (κ2) is 6.58. The number of nitrogens with one attached hydrogen (secondary N) is 1. The van der Waals surface area contributed by atoms with Gasteiger partial charge in [0.2, 0.25) is 10.0 Å². The normalized spacial score (nSPS) is 11.8. The summed E-state index contributed by atoms with van der Waals surface area (Å²) in [4.78, 5) is 0. The number of aromatic nitrogens is 2. The van der Waals surface area contributed by atoms with E-state index in [1.807, 2.05) is 0 Å². The molecule has 2 aromatic heterocycles. The first-order valence-corrected chi connectivity index (χ1v) is 8.87. The first-order valence-electron chi connectivity index (χ1n) is 7.21. The summed E-state index contributed by atoms with van der Waals surface area (Å²) < 4.78 is 46.8. The van der Waals surface area contributed by atoms with E-state index < -0.39 is 15.8 Å². The molecule has 24 heavy (non-hydrogen) atoms. The van der Waals surface area contributed by atoms with Crippen LogP contribution < -0.4 is 4.72 Å². The Bertz CT molecular complexity index is 933. The van der Waals surface area contributed by atoms with Gasteiger partial charge in [-0.15, -0.1) is 0 Å². The topological polar surface area (TPSA) is 77.1 Å². The van der Waals surface area contributed by atoms with Crippen LogP contribution in [0.4, 0.5) is 4.39 Å². The molecule has 0 saturated carbocycles. The molecular weight excluding hydrogens is 333 g/mol. The lowest BCUT2D eigenvalue weighted by Crippen LogP contribution is -2.25. The van der Waals surface area contributed by atoms with Crippen molar-refractivity contribution in [3.05, 3.63) is 65.8 Å². The lowest BCUT2D eigenvalue weighted by atomic mass is 10.2. The molecule has 3 aromatic rings. The highest BCUT2D eigenvalue weighted by Crippen LogP contribution is 2.20. The van der Waals surface area contributed by atoms with Gasteiger partial charge in [0.1, 0.15) is 11.5 Å². The second-order valence-corrected chi connectivity index (χ2v) is 7.14. The molecule has 0 aliphatic heterocycles. The second-order valence-electron chi connectivity index (χ2n) is 5.33. The third-order valence-corrected chi connectivity index (χ3v) is 4.72. The van der Waals surface area contributed by atoms with Crippen LogP contribution in [0.25, 0.3) is 11.5 Å². The minimum absolute atomic E-state index is 0.0478. The summed E-state index contributed by atoms with van der Waals surface area (Å²) in [6.07, 6.45) is 1.56. The number of aryl methyl sites for hydroxylation is 1. The van der Waals surface area contributed by atoms with E-state index in [2.05, 4.69) is 9.82 Å². The van der Waals surface area contributed by atoms with Crippen LogP contribution >= 0.6 is 0 Å². The number of halogens is 1. The predicted molar refractivity (Wildman–Crippen MR) is 86.8 cm³/mol. The largest absolute Gasteiger partial charge is 0.463 e. The maximum absolute atomic E-state index is 13.1. The summed E-state index contributed by atoms with van der Waals surface area (Å²) in [6.45, 7) is 0.0478. The minimum Gasteiger partial charge on any atom is -0.463 e. The number of hydrogen-bond donors (Lipinski definition) is 1. The Morgan fingerprint density at radius 1 is 1.25 bits per heavy atom. The van der Waals surface area contributed by atoms with E-state index in [0.29, 0.717) is 17.0 Å². The molecule has 1 aromatic carbocycles. The molecule has 126 valence electrons. The summed E-state index contributed by atoms with van der Waals surface area (Å²) in [6, 6.07) is 10.8. The molecule has 3 rings (SSSR count). The van der Waals surface area contributed by atoms with Crippen molar-refractivity contribution in [1.82, 2.24) is 14.5 Å². The molecule has 6 nitrogen and oxygen atoms in total. The fourth-order valence-corrected chi connectivity index (χ4v) is 3.44. The minimum atomic E-state index is -3.60. The fourth-order valence-electron chi connectivity index (χ4n) is 2.35. The highest BCUT2D eigenvalue weighted by molar-refractivity contribution is 7.88. The Morgan fingerprint density at radius 2 is 2.08 bits per heavy atom. The van der Waals surface area contributed by atoms with Crippen molar-refractivity contribution >= 4 is 10.0 Å². The van der Waals surface area contributed by atoms with Gasteiger partial charge in [-0.25, -0.2) is 17.5 Å². The number of nitrogens with zero attached hydrogens (tertiary/aromatic N) is 2. The molecule has 0 amide bonds. The summed E-state index contributed by atoms with van der Waals surface area (Å²) in [5.41, 5.74) is 1.70. The fraction of sp³-hybridized carbons (Fsp3) is 0.188. The molecule has 0 saturated heterocycles. The van der Waals surface area contributed by atoms with Gasteiger partial charge in [0, 0.05) is 7.05 Å². The van der Waals surface area contributed by atoms with Gasteiger partial charge in [-0.2, -0.15) is 5.10 Å². The number of furan rings is 1. The molecule has 2 heterocycles. The third-order valence-electron chi connectivity index (χ3n) is 3.42. The Morgan fingerprint density at radius 3 is 2.79 bits per heavy atom. The summed E-state index contributed by atoms with van der Waals surface area (Å²) >= 11 is 0. The zero-order valence-corrected chi connectivity index (χ0v) is 13.8. The van der Waals surface area contributed by atoms with E-state index in [-0.39, 0.29) is 12.3 Å². The number of benzene rings is 1. The highest BCUT2D eigenvalue weighted by atomic mass is 32.2. The molecule has 0 fully saturated rings. The van der Waals surface area contributed by atoms with Crippen LogP contribution in [-0.2, 0) is 29.4 Å². The van der Waals surface area contributed by atoms with E-state index in [1.165, 1.54) is 18.2 Å². The SMILES string of the molecule is Cn1nc(CNS(=O)(=O)Cc2cccc(F)c2)cc1-c1ccco1. The van der Waals surface area contributed by atoms with Gasteiger partial charge < -0.3 is 4.42 Å². The van der Waals surface area contributed by atoms with Crippen LogP contribution in [0.2, 0.25) is 0 Å². The zero-order valence-electron chi connectivity index (χ0n) is 12.9. The predicted octanol–water partition coefficient (Wildman–Crippen LogP) is 2.44. The van der Waals surface area contributed by atoms with Crippen molar-refractivity contribution < 1.29 is 17.2 Å². The molecule has 0 spiro atoms. The van der Waals surface area contributed by atoms with Crippen LogP contribution in [0.3, 0.4) is 0 Å². The van der Waals surface area contributed by atoms with Crippen LogP contribution in [0.15, 0.2) is 53.1 Å². The molecule has 1 N–H and O–H groups in total. The van der Waals surface area contributed by atoms with Gasteiger partial charge in [-0.05, 0) is 35.9 Å². The lowest BCUT2D eigenvalue weighted by Gasteiger charge is -2.05. The highest BCUT2D eigenvalue weighted by Gasteiger charge is 2.15. The number of hydrogen-bond acceptors (Lipinski definition) is 4. The van der Waals surface area contributed by atoms with Crippen molar-refractivity contribution in [2.24, 2.45) is 7.05 Å². The van der Waals surface area contributed by atoms with Crippen LogP contribution in [0.1, 0.15) is 11.3 Å². The summed E-state index contributed by atoms with van der Waals surface area (Å²) in [5.74, 6) is -0.0998. The third kappa shape index (κ3) is 3.90. The van der Waals surface area contributed by atoms with E-state index in [0.717, 1.165) is 5.69 Å². The molecule has 0 unspecified atom stereocenters. The average Bonchev–Trinajstić information content (AvgIpc) is 3.14. The molecule has 0 radical (unpaired) electrons. The monoisotopic (exact) mass is 349 g/mol. The first-order chi connectivity index (χ1) is 11.4. The van der Waals surface area contributed by atoms with Crippen LogP contribution in [0, 0.1) is 5.82 Å². The first kappa shape index (κ1) is 16.4. The summed E-state index contributed by atoms with van der Waals surface area (Å²) in [5, 5.41) is 4.26. The Labute approximate surface area is 139 Å². The maximum atomic E-state index is 13.1. The Hall–Kier alpha value is -2.45.